The summed E-state index contributed by atoms with van der Waals surface area (Å²) in [5.74, 6) is -1.32. The Labute approximate surface area is 282 Å². The van der Waals surface area contributed by atoms with Crippen LogP contribution in [0, 0.1) is 0 Å². The monoisotopic (exact) mass is 651 g/mol. The molecule has 1 unspecified atom stereocenters. The Morgan fingerprint density at radius 2 is 0.783 bits per heavy atom. The van der Waals surface area contributed by atoms with Gasteiger partial charge in [0.25, 0.3) is 0 Å². The van der Waals surface area contributed by atoms with E-state index >= 15 is 0 Å². The number of rotatable bonds is 35. The molecule has 0 aliphatic carbocycles. The van der Waals surface area contributed by atoms with E-state index in [1.165, 1.54) is 64.2 Å². The molecule has 46 heavy (non-hydrogen) atoms. The Hall–Kier alpha value is -2.15. The van der Waals surface area contributed by atoms with Crippen LogP contribution in [0.5, 0.6) is 0 Å². The number of aliphatic hydroxyl groups excluding tert-OH is 1. The van der Waals surface area contributed by atoms with E-state index in [2.05, 4.69) is 31.2 Å². The molecule has 0 aromatic rings. The van der Waals surface area contributed by atoms with Gasteiger partial charge < -0.3 is 19.7 Å². The van der Waals surface area contributed by atoms with Crippen molar-refractivity contribution in [3.63, 3.8) is 0 Å². The molecule has 0 aliphatic heterocycles. The van der Waals surface area contributed by atoms with Crippen LogP contribution in [0.4, 0.5) is 0 Å². The zero-order chi connectivity index (χ0) is 33.8. The fourth-order valence-electron chi connectivity index (χ4n) is 5.28. The molecule has 0 saturated heterocycles. The van der Waals surface area contributed by atoms with E-state index in [4.69, 9.17) is 14.6 Å². The second-order valence-corrected chi connectivity index (χ2v) is 12.8. The van der Waals surface area contributed by atoms with Gasteiger partial charge in [0, 0.05) is 19.3 Å². The van der Waals surface area contributed by atoms with Gasteiger partial charge in [-0.1, -0.05) is 121 Å². The number of carbonyl (C=O) groups is 3. The number of aliphatic hydroxyl groups is 1. The van der Waals surface area contributed by atoms with Crippen LogP contribution in [0.1, 0.15) is 187 Å². The fraction of sp³-hybridized carbons (Fsp3) is 0.821. The third kappa shape index (κ3) is 36.3. The third-order valence-electron chi connectivity index (χ3n) is 8.20. The molecular weight excluding hydrogens is 580 g/mol. The predicted octanol–water partition coefficient (Wildman–Crippen LogP) is 10.6. The van der Waals surface area contributed by atoms with E-state index in [9.17, 15) is 19.5 Å². The number of ether oxygens (including phenoxy) is 2. The molecule has 0 aromatic heterocycles. The molecule has 0 rings (SSSR count). The molecule has 7 nitrogen and oxygen atoms in total. The van der Waals surface area contributed by atoms with E-state index in [1.54, 1.807) is 0 Å². The number of unbranched alkanes of at least 4 members (excludes halogenated alkanes) is 21. The quantitative estimate of drug-likeness (QED) is 0.0399. The lowest BCUT2D eigenvalue weighted by molar-refractivity contribution is -0.152. The number of carboxylic acid groups (broad SMARTS) is 1. The molecule has 0 aromatic carbocycles. The Morgan fingerprint density at radius 1 is 0.478 bits per heavy atom. The van der Waals surface area contributed by atoms with Crippen molar-refractivity contribution in [2.45, 2.75) is 193 Å². The Balaban J connectivity index is 3.45. The molecule has 0 heterocycles. The van der Waals surface area contributed by atoms with Gasteiger partial charge in [-0.05, 0) is 70.6 Å². The average molecular weight is 651 g/mol. The van der Waals surface area contributed by atoms with Crippen LogP contribution in [0.2, 0.25) is 0 Å². The van der Waals surface area contributed by atoms with Gasteiger partial charge in [-0.15, -0.1) is 0 Å². The number of hydrogen-bond acceptors (Lipinski definition) is 6. The number of allylic oxidation sites excluding steroid dienone is 4. The first kappa shape index (κ1) is 43.9. The standard InChI is InChI=1S/C39H70O7/c1-2-3-4-5-6-7-8-9-10-14-17-20-23-26-29-32-38(43)45-34-36(40)35-46-39(44)33-30-27-24-21-18-15-12-11-13-16-19-22-25-28-31-37(41)42/h9-12,36,40H,2-8,13-35H2,1H3,(H,41,42)/b10-9-,12-11?. The van der Waals surface area contributed by atoms with Crippen molar-refractivity contribution in [2.75, 3.05) is 13.2 Å². The van der Waals surface area contributed by atoms with Gasteiger partial charge in [-0.2, -0.15) is 0 Å². The van der Waals surface area contributed by atoms with Crippen molar-refractivity contribution in [3.8, 4) is 0 Å². The summed E-state index contributed by atoms with van der Waals surface area (Å²) < 4.78 is 10.3. The van der Waals surface area contributed by atoms with Crippen LogP contribution in [0.25, 0.3) is 0 Å². The van der Waals surface area contributed by atoms with Gasteiger partial charge in [-0.25, -0.2) is 0 Å². The molecule has 7 heteroatoms. The molecule has 0 radical (unpaired) electrons. The molecule has 0 fully saturated rings. The molecule has 268 valence electrons. The molecule has 0 bridgehead atoms. The second-order valence-electron chi connectivity index (χ2n) is 12.8. The number of hydrogen-bond donors (Lipinski definition) is 2. The van der Waals surface area contributed by atoms with Crippen molar-refractivity contribution in [1.29, 1.82) is 0 Å². The van der Waals surface area contributed by atoms with Gasteiger partial charge in [0.1, 0.15) is 19.3 Å². The topological polar surface area (TPSA) is 110 Å². The maximum atomic E-state index is 11.9. The van der Waals surface area contributed by atoms with Crippen molar-refractivity contribution >= 4 is 17.9 Å². The van der Waals surface area contributed by atoms with Gasteiger partial charge >= 0.3 is 17.9 Å². The van der Waals surface area contributed by atoms with Crippen LogP contribution >= 0.6 is 0 Å². The molecular formula is C39H70O7. The predicted molar refractivity (Wildman–Crippen MR) is 189 cm³/mol. The fourth-order valence-corrected chi connectivity index (χ4v) is 5.28. The van der Waals surface area contributed by atoms with Crippen LogP contribution in [0.3, 0.4) is 0 Å². The lowest BCUT2D eigenvalue weighted by Crippen LogP contribution is -2.25. The van der Waals surface area contributed by atoms with Gasteiger partial charge in [0.2, 0.25) is 0 Å². The number of esters is 2. The summed E-state index contributed by atoms with van der Waals surface area (Å²) in [6.07, 6.45) is 37.5. The molecule has 1 atom stereocenters. The van der Waals surface area contributed by atoms with Gasteiger partial charge in [0.15, 0.2) is 0 Å². The van der Waals surface area contributed by atoms with Gasteiger partial charge in [-0.3, -0.25) is 14.4 Å². The molecule has 2 N–H and O–H groups in total. The normalized spacial score (nSPS) is 12.2. The van der Waals surface area contributed by atoms with E-state index in [-0.39, 0.29) is 31.6 Å². The maximum absolute atomic E-state index is 11.9. The summed E-state index contributed by atoms with van der Waals surface area (Å²) in [5.41, 5.74) is 0. The van der Waals surface area contributed by atoms with Crippen molar-refractivity contribution in [3.05, 3.63) is 24.3 Å². The van der Waals surface area contributed by atoms with Gasteiger partial charge in [0.05, 0.1) is 0 Å². The summed E-state index contributed by atoms with van der Waals surface area (Å²) in [6, 6.07) is 0. The molecule has 0 aliphatic rings. The van der Waals surface area contributed by atoms with Crippen LogP contribution in [-0.4, -0.2) is 47.4 Å². The Bertz CT molecular complexity index is 761. The first-order valence-electron chi connectivity index (χ1n) is 19.0. The minimum atomic E-state index is -0.987. The minimum Gasteiger partial charge on any atom is -0.481 e. The summed E-state index contributed by atoms with van der Waals surface area (Å²) in [6.45, 7) is 1.97. The van der Waals surface area contributed by atoms with E-state index in [1.807, 2.05) is 0 Å². The highest BCUT2D eigenvalue weighted by molar-refractivity contribution is 5.69. The molecule has 0 spiro atoms. The number of carbonyl (C=O) groups excluding carboxylic acids is 2. The van der Waals surface area contributed by atoms with Crippen molar-refractivity contribution in [2.24, 2.45) is 0 Å². The highest BCUT2D eigenvalue weighted by atomic mass is 16.6. The smallest absolute Gasteiger partial charge is 0.305 e. The first-order chi connectivity index (χ1) is 22.5. The van der Waals surface area contributed by atoms with E-state index < -0.39 is 12.1 Å². The Kier molecular flexibility index (Phi) is 34.0. The highest BCUT2D eigenvalue weighted by Gasteiger charge is 2.12. The second kappa shape index (κ2) is 35.7. The zero-order valence-electron chi connectivity index (χ0n) is 29.5. The van der Waals surface area contributed by atoms with E-state index in [0.29, 0.717) is 12.8 Å². The minimum absolute atomic E-state index is 0.139. The summed E-state index contributed by atoms with van der Waals surface area (Å²) in [4.78, 5) is 34.3. The number of carboxylic acids is 1. The molecule has 0 saturated carbocycles. The first-order valence-corrected chi connectivity index (χ1v) is 19.0. The summed E-state index contributed by atoms with van der Waals surface area (Å²) in [7, 11) is 0. The lowest BCUT2D eigenvalue weighted by Gasteiger charge is -2.12. The van der Waals surface area contributed by atoms with Crippen molar-refractivity contribution in [1.82, 2.24) is 0 Å². The van der Waals surface area contributed by atoms with Crippen LogP contribution in [0.15, 0.2) is 24.3 Å². The SMILES string of the molecule is CCCCCCCC/C=C\CCCCCCCC(=O)OCC(O)COC(=O)CCCCCCCC=CCCCCCCCC(=O)O. The van der Waals surface area contributed by atoms with Crippen LogP contribution < -0.4 is 0 Å². The summed E-state index contributed by atoms with van der Waals surface area (Å²) >= 11 is 0. The van der Waals surface area contributed by atoms with E-state index in [0.717, 1.165) is 96.3 Å². The highest BCUT2D eigenvalue weighted by Crippen LogP contribution is 2.12. The summed E-state index contributed by atoms with van der Waals surface area (Å²) in [5, 5.41) is 18.6. The maximum Gasteiger partial charge on any atom is 0.305 e. The lowest BCUT2D eigenvalue weighted by atomic mass is 10.1. The Morgan fingerprint density at radius 3 is 1.13 bits per heavy atom. The number of aliphatic carboxylic acids is 1. The van der Waals surface area contributed by atoms with Crippen molar-refractivity contribution < 1.29 is 34.1 Å². The third-order valence-corrected chi connectivity index (χ3v) is 8.20. The average Bonchev–Trinajstić information content (AvgIpc) is 3.04. The van der Waals surface area contributed by atoms with Crippen LogP contribution in [-0.2, 0) is 23.9 Å². The zero-order valence-corrected chi connectivity index (χ0v) is 29.5. The largest absolute Gasteiger partial charge is 0.481 e. The molecule has 0 amide bonds.